The lowest BCUT2D eigenvalue weighted by Gasteiger charge is -2.15. The van der Waals surface area contributed by atoms with Crippen molar-refractivity contribution in [3.8, 4) is 0 Å². The average Bonchev–Trinajstić information content (AvgIpc) is 2.22. The zero-order valence-corrected chi connectivity index (χ0v) is 18.7. The van der Waals surface area contributed by atoms with E-state index in [-0.39, 0.29) is 0 Å². The van der Waals surface area contributed by atoms with E-state index in [4.69, 9.17) is 13.6 Å². The molecule has 0 bridgehead atoms. The fourth-order valence-corrected chi connectivity index (χ4v) is 5.22. The van der Waals surface area contributed by atoms with Crippen molar-refractivity contribution in [3.63, 3.8) is 0 Å². The highest BCUT2D eigenvalue weighted by Gasteiger charge is 2.12. The van der Waals surface area contributed by atoms with Gasteiger partial charge >= 0.3 is 0 Å². The molecule has 0 amide bonds. The van der Waals surface area contributed by atoms with Crippen LogP contribution < -0.4 is 0 Å². The topological polar surface area (TPSA) is 27.7 Å². The van der Waals surface area contributed by atoms with Crippen LogP contribution in [0, 0.1) is 0 Å². The van der Waals surface area contributed by atoms with Crippen molar-refractivity contribution in [2.24, 2.45) is 0 Å². The molecule has 7 heteroatoms. The van der Waals surface area contributed by atoms with E-state index in [1.54, 1.807) is 0 Å². The third kappa shape index (κ3) is 18.7. The predicted molar refractivity (Wildman–Crippen MR) is 96.1 cm³/mol. The van der Waals surface area contributed by atoms with Gasteiger partial charge in [-0.2, -0.15) is 0 Å². The summed E-state index contributed by atoms with van der Waals surface area (Å²) in [5.41, 5.74) is 0. The van der Waals surface area contributed by atoms with E-state index in [1.807, 2.05) is 0 Å². The fraction of sp³-hybridized carbons (Fsp3) is 1.00. The van der Waals surface area contributed by atoms with Gasteiger partial charge in [-0.25, -0.2) is 0 Å². The van der Waals surface area contributed by atoms with Crippen molar-refractivity contribution >= 4 is 35.7 Å². The number of rotatable bonds is 12. The largest absolute Gasteiger partial charge is 0.462 e. The molecule has 0 atom stereocenters. The summed E-state index contributed by atoms with van der Waals surface area (Å²) in [5.74, 6) is 0. The summed E-state index contributed by atoms with van der Waals surface area (Å²) < 4.78 is 17.0. The quantitative estimate of drug-likeness (QED) is 0.401. The van der Waals surface area contributed by atoms with Crippen molar-refractivity contribution in [2.75, 3.05) is 25.7 Å². The molecule has 0 fully saturated rings. The molecule has 0 aromatic heterocycles. The van der Waals surface area contributed by atoms with E-state index in [0.29, 0.717) is 0 Å². The maximum absolute atomic E-state index is 5.75. The molecule has 116 valence electrons. The molecule has 0 saturated heterocycles. The van der Waals surface area contributed by atoms with E-state index in [0.717, 1.165) is 25.7 Å². The molecule has 0 heterocycles. The van der Waals surface area contributed by atoms with Crippen LogP contribution in [0.15, 0.2) is 0 Å². The first kappa shape index (κ1) is 19.7. The summed E-state index contributed by atoms with van der Waals surface area (Å²) in [7, 11) is -2.70. The van der Waals surface area contributed by atoms with Crippen LogP contribution in [0.3, 0.4) is 0 Å². The Labute approximate surface area is 126 Å². The highest BCUT2D eigenvalue weighted by Crippen LogP contribution is 2.07. The van der Waals surface area contributed by atoms with Gasteiger partial charge in [0.25, 0.3) is 0 Å². The van der Waals surface area contributed by atoms with E-state index in [1.165, 1.54) is 12.1 Å². The lowest BCUT2D eigenvalue weighted by atomic mass is 10.9. The van der Waals surface area contributed by atoms with Gasteiger partial charge in [0, 0.05) is 29.4 Å². The third-order valence-electron chi connectivity index (χ3n) is 2.74. The molecule has 3 nitrogen and oxygen atoms in total. The SMILES string of the molecule is C[Si](C)(C)CCOC[SiH2]O[SiH2]COCC[Si](C)(C)C. The average molecular weight is 339 g/mol. The molecule has 0 spiro atoms. The Bertz CT molecular complexity index is 192. The minimum Gasteiger partial charge on any atom is -0.462 e. The van der Waals surface area contributed by atoms with Crippen molar-refractivity contribution < 1.29 is 13.6 Å². The van der Waals surface area contributed by atoms with Crippen LogP contribution in [0.2, 0.25) is 51.4 Å². The van der Waals surface area contributed by atoms with Gasteiger partial charge < -0.3 is 13.6 Å². The van der Waals surface area contributed by atoms with Gasteiger partial charge in [-0.15, -0.1) is 0 Å². The summed E-state index contributed by atoms with van der Waals surface area (Å²) in [6.45, 7) is 16.2. The monoisotopic (exact) mass is 338 g/mol. The first-order valence-electron chi connectivity index (χ1n) is 7.44. The van der Waals surface area contributed by atoms with Crippen LogP contribution in [-0.4, -0.2) is 61.3 Å². The molecule has 0 saturated carbocycles. The Hall–Kier alpha value is 0.748. The molecular weight excluding hydrogens is 304 g/mol. The molecule has 0 radical (unpaired) electrons. The number of ether oxygens (including phenoxy) is 2. The molecule has 0 aromatic carbocycles. The van der Waals surface area contributed by atoms with Crippen molar-refractivity contribution in [1.82, 2.24) is 0 Å². The highest BCUT2D eigenvalue weighted by atomic mass is 28.3. The Kier molecular flexibility index (Phi) is 10.9. The molecule has 0 aliphatic carbocycles. The van der Waals surface area contributed by atoms with Crippen LogP contribution in [0.25, 0.3) is 0 Å². The van der Waals surface area contributed by atoms with E-state index >= 15 is 0 Å². The third-order valence-corrected chi connectivity index (χ3v) is 9.37. The Morgan fingerprint density at radius 1 is 0.684 bits per heavy atom. The standard InChI is InChI=1S/C12H34O3Si4/c1-18(2,3)9-7-13-11-16-15-17-12-14-8-10-19(4,5)6/h7-12,16-17H2,1-6H3. The minimum absolute atomic E-state index is 0.431. The fourth-order valence-electron chi connectivity index (χ4n) is 1.30. The van der Waals surface area contributed by atoms with E-state index in [2.05, 4.69) is 39.3 Å². The second-order valence-corrected chi connectivity index (χ2v) is 22.0. The lowest BCUT2D eigenvalue weighted by molar-refractivity contribution is 0.179. The van der Waals surface area contributed by atoms with E-state index < -0.39 is 35.7 Å². The van der Waals surface area contributed by atoms with Crippen molar-refractivity contribution in [2.45, 2.75) is 51.4 Å². The highest BCUT2D eigenvalue weighted by molar-refractivity contribution is 6.76. The summed E-state index contributed by atoms with van der Waals surface area (Å²) in [6.07, 6.45) is 1.76. The van der Waals surface area contributed by atoms with Crippen molar-refractivity contribution in [3.05, 3.63) is 0 Å². The summed E-state index contributed by atoms with van der Waals surface area (Å²) >= 11 is 0. The van der Waals surface area contributed by atoms with Gasteiger partial charge in [0.1, 0.15) is 0 Å². The zero-order chi connectivity index (χ0) is 14.8. The number of hydrogen-bond donors (Lipinski definition) is 0. The maximum atomic E-state index is 5.75. The zero-order valence-electron chi connectivity index (χ0n) is 13.9. The lowest BCUT2D eigenvalue weighted by Crippen LogP contribution is -2.24. The molecule has 0 aliphatic rings. The molecular formula is C12H34O3Si4. The van der Waals surface area contributed by atoms with E-state index in [9.17, 15) is 0 Å². The summed E-state index contributed by atoms with van der Waals surface area (Å²) in [6, 6.07) is 2.53. The van der Waals surface area contributed by atoms with Crippen LogP contribution in [-0.2, 0) is 13.6 Å². The first-order valence-corrected chi connectivity index (χ1v) is 18.0. The molecule has 19 heavy (non-hydrogen) atoms. The van der Waals surface area contributed by atoms with Gasteiger partial charge in [-0.1, -0.05) is 39.3 Å². The van der Waals surface area contributed by atoms with Crippen molar-refractivity contribution in [1.29, 1.82) is 0 Å². The maximum Gasteiger partial charge on any atom is 0.172 e. The predicted octanol–water partition coefficient (Wildman–Crippen LogP) is 1.80. The Morgan fingerprint density at radius 2 is 1.05 bits per heavy atom. The van der Waals surface area contributed by atoms with Crippen LogP contribution in [0.4, 0.5) is 0 Å². The van der Waals surface area contributed by atoms with Gasteiger partial charge in [0.2, 0.25) is 0 Å². The van der Waals surface area contributed by atoms with Crippen LogP contribution >= 0.6 is 0 Å². The summed E-state index contributed by atoms with van der Waals surface area (Å²) in [4.78, 5) is 0. The Balaban J connectivity index is 3.12. The Morgan fingerprint density at radius 3 is 1.37 bits per heavy atom. The van der Waals surface area contributed by atoms with Gasteiger partial charge in [0.15, 0.2) is 19.5 Å². The normalized spacial score (nSPS) is 14.2. The smallest absolute Gasteiger partial charge is 0.172 e. The number of hydrogen-bond acceptors (Lipinski definition) is 3. The van der Waals surface area contributed by atoms with Gasteiger partial charge in [0.05, 0.1) is 12.5 Å². The molecule has 0 N–H and O–H groups in total. The molecule has 0 aliphatic heterocycles. The molecule has 0 unspecified atom stereocenters. The molecule has 0 aromatic rings. The van der Waals surface area contributed by atoms with Crippen LogP contribution in [0.1, 0.15) is 0 Å². The van der Waals surface area contributed by atoms with Gasteiger partial charge in [-0.05, 0) is 12.1 Å². The second-order valence-electron chi connectivity index (χ2n) is 7.46. The summed E-state index contributed by atoms with van der Waals surface area (Å²) in [5, 5.41) is 0. The first-order chi connectivity index (χ1) is 8.71. The van der Waals surface area contributed by atoms with Gasteiger partial charge in [-0.3, -0.25) is 0 Å². The molecule has 0 rings (SSSR count). The minimum atomic E-state index is -0.922. The van der Waals surface area contributed by atoms with Crippen LogP contribution in [0.5, 0.6) is 0 Å². The second kappa shape index (κ2) is 10.5.